The van der Waals surface area contributed by atoms with Crippen LogP contribution in [0, 0.1) is 6.92 Å². The maximum absolute atomic E-state index is 5.57. The van der Waals surface area contributed by atoms with Gasteiger partial charge in [-0.25, -0.2) is 0 Å². The summed E-state index contributed by atoms with van der Waals surface area (Å²) < 4.78 is 5.57. The van der Waals surface area contributed by atoms with Gasteiger partial charge in [-0.3, -0.25) is 4.90 Å². The minimum atomic E-state index is 0.405. The topological polar surface area (TPSA) is 40.3 Å². The molecule has 2 N–H and O–H groups in total. The van der Waals surface area contributed by atoms with Crippen LogP contribution >= 0.6 is 0 Å². The first-order valence-corrected chi connectivity index (χ1v) is 7.32. The Morgan fingerprint density at radius 2 is 2.00 bits per heavy atom. The molecular formula is C16H23N3O. The predicted molar refractivity (Wildman–Crippen MR) is 82.4 cm³/mol. The number of H-pyrrole nitrogens is 1. The summed E-state index contributed by atoms with van der Waals surface area (Å²) in [5.41, 5.74) is 3.79. The lowest BCUT2D eigenvalue weighted by atomic mass is 10.0. The predicted octanol–water partition coefficient (Wildman–Crippen LogP) is 2.45. The summed E-state index contributed by atoms with van der Waals surface area (Å²) in [5, 5.41) is 4.65. The number of methoxy groups -OCH3 is 1. The molecule has 0 saturated carbocycles. The van der Waals surface area contributed by atoms with Crippen molar-refractivity contribution in [3.63, 3.8) is 0 Å². The normalized spacial score (nSPS) is 18.4. The Balaban J connectivity index is 2.07. The molecule has 0 spiro atoms. The average Bonchev–Trinajstić information content (AvgIpc) is 2.83. The van der Waals surface area contributed by atoms with Crippen LogP contribution in [-0.2, 0) is 0 Å². The lowest BCUT2D eigenvalue weighted by molar-refractivity contribution is 0.186. The van der Waals surface area contributed by atoms with Crippen LogP contribution in [0.25, 0.3) is 10.9 Å². The zero-order chi connectivity index (χ0) is 14.1. The SMILES string of the molecule is COc1cccc2[nH]c(C)c(C(C)N3CCNCC3)c12. The number of benzene rings is 1. The highest BCUT2D eigenvalue weighted by molar-refractivity contribution is 5.91. The largest absolute Gasteiger partial charge is 0.496 e. The highest BCUT2D eigenvalue weighted by atomic mass is 16.5. The van der Waals surface area contributed by atoms with Gasteiger partial charge in [-0.05, 0) is 26.0 Å². The molecule has 1 unspecified atom stereocenters. The summed E-state index contributed by atoms with van der Waals surface area (Å²) >= 11 is 0. The molecule has 1 aliphatic heterocycles. The summed E-state index contributed by atoms with van der Waals surface area (Å²) in [5.74, 6) is 0.962. The molecule has 2 heterocycles. The fourth-order valence-electron chi connectivity index (χ4n) is 3.31. The van der Waals surface area contributed by atoms with Gasteiger partial charge in [0.25, 0.3) is 0 Å². The van der Waals surface area contributed by atoms with Gasteiger partial charge in [-0.2, -0.15) is 0 Å². The first kappa shape index (κ1) is 13.5. The van der Waals surface area contributed by atoms with Gasteiger partial charge in [0.15, 0.2) is 0 Å². The van der Waals surface area contributed by atoms with Crippen molar-refractivity contribution in [2.24, 2.45) is 0 Å². The third kappa shape index (κ3) is 2.19. The third-order valence-corrected chi connectivity index (χ3v) is 4.36. The van der Waals surface area contributed by atoms with Crippen molar-refractivity contribution < 1.29 is 4.74 Å². The average molecular weight is 273 g/mol. The minimum absolute atomic E-state index is 0.405. The van der Waals surface area contributed by atoms with E-state index in [0.717, 1.165) is 31.9 Å². The highest BCUT2D eigenvalue weighted by Crippen LogP contribution is 2.36. The molecule has 1 aliphatic rings. The highest BCUT2D eigenvalue weighted by Gasteiger charge is 2.24. The number of nitrogens with one attached hydrogen (secondary N) is 2. The van der Waals surface area contributed by atoms with Gasteiger partial charge in [0.05, 0.1) is 7.11 Å². The van der Waals surface area contributed by atoms with E-state index >= 15 is 0 Å². The molecule has 0 aliphatic carbocycles. The maximum atomic E-state index is 5.57. The monoisotopic (exact) mass is 273 g/mol. The van der Waals surface area contributed by atoms with E-state index in [4.69, 9.17) is 4.74 Å². The molecule has 2 aromatic rings. The second-order valence-electron chi connectivity index (χ2n) is 5.51. The van der Waals surface area contributed by atoms with Crippen LogP contribution < -0.4 is 10.1 Å². The standard InChI is InChI=1S/C16H23N3O/c1-11-15(12(2)19-9-7-17-8-10-19)16-13(18-11)5-4-6-14(16)20-3/h4-6,12,17-18H,7-10H2,1-3H3. The van der Waals surface area contributed by atoms with Gasteiger partial charge in [-0.1, -0.05) is 6.07 Å². The molecule has 1 saturated heterocycles. The summed E-state index contributed by atoms with van der Waals surface area (Å²) in [6.45, 7) is 8.80. The minimum Gasteiger partial charge on any atom is -0.496 e. The Kier molecular flexibility index (Phi) is 3.68. The van der Waals surface area contributed by atoms with Crippen molar-refractivity contribution in [3.8, 4) is 5.75 Å². The number of fused-ring (bicyclic) bond motifs is 1. The van der Waals surface area contributed by atoms with Gasteiger partial charge in [0, 0.05) is 54.4 Å². The fourth-order valence-corrected chi connectivity index (χ4v) is 3.31. The van der Waals surface area contributed by atoms with Crippen LogP contribution in [0.2, 0.25) is 0 Å². The summed E-state index contributed by atoms with van der Waals surface area (Å²) in [7, 11) is 1.75. The van der Waals surface area contributed by atoms with Crippen LogP contribution in [0.15, 0.2) is 18.2 Å². The first-order chi connectivity index (χ1) is 9.72. The van der Waals surface area contributed by atoms with Gasteiger partial charge in [0.1, 0.15) is 5.75 Å². The van der Waals surface area contributed by atoms with Gasteiger partial charge >= 0.3 is 0 Å². The molecule has 0 radical (unpaired) electrons. The Labute approximate surface area is 120 Å². The van der Waals surface area contributed by atoms with E-state index in [9.17, 15) is 0 Å². The summed E-state index contributed by atoms with van der Waals surface area (Å²) in [6, 6.07) is 6.61. The molecule has 1 aromatic carbocycles. The van der Waals surface area contributed by atoms with Gasteiger partial charge in [0.2, 0.25) is 0 Å². The van der Waals surface area contributed by atoms with E-state index in [-0.39, 0.29) is 0 Å². The van der Waals surface area contributed by atoms with Crippen LogP contribution in [-0.4, -0.2) is 43.2 Å². The van der Waals surface area contributed by atoms with Crippen LogP contribution in [0.1, 0.15) is 24.2 Å². The van der Waals surface area contributed by atoms with Crippen LogP contribution in [0.5, 0.6) is 5.75 Å². The number of ether oxygens (including phenoxy) is 1. The number of aromatic amines is 1. The second-order valence-corrected chi connectivity index (χ2v) is 5.51. The van der Waals surface area contributed by atoms with Crippen LogP contribution in [0.3, 0.4) is 0 Å². The molecule has 20 heavy (non-hydrogen) atoms. The second kappa shape index (κ2) is 5.46. The van der Waals surface area contributed by atoms with Crippen molar-refractivity contribution in [2.75, 3.05) is 33.3 Å². The Hall–Kier alpha value is -1.52. The molecule has 0 amide bonds. The van der Waals surface area contributed by atoms with Gasteiger partial charge < -0.3 is 15.0 Å². The van der Waals surface area contributed by atoms with Crippen molar-refractivity contribution in [3.05, 3.63) is 29.5 Å². The maximum Gasteiger partial charge on any atom is 0.128 e. The molecule has 108 valence electrons. The number of aromatic nitrogens is 1. The number of nitrogens with zero attached hydrogens (tertiary/aromatic N) is 1. The summed E-state index contributed by atoms with van der Waals surface area (Å²) in [4.78, 5) is 6.04. The molecular weight excluding hydrogens is 250 g/mol. The number of rotatable bonds is 3. The third-order valence-electron chi connectivity index (χ3n) is 4.36. The number of aryl methyl sites for hydroxylation is 1. The quantitative estimate of drug-likeness (QED) is 0.902. The zero-order valence-corrected chi connectivity index (χ0v) is 12.5. The molecule has 1 atom stereocenters. The van der Waals surface area contributed by atoms with E-state index in [1.54, 1.807) is 7.11 Å². The van der Waals surface area contributed by atoms with Crippen LogP contribution in [0.4, 0.5) is 0 Å². The number of hydrogen-bond donors (Lipinski definition) is 2. The van der Waals surface area contributed by atoms with E-state index in [0.29, 0.717) is 6.04 Å². The molecule has 1 aromatic heterocycles. The molecule has 1 fully saturated rings. The van der Waals surface area contributed by atoms with Crippen molar-refractivity contribution in [1.82, 2.24) is 15.2 Å². The zero-order valence-electron chi connectivity index (χ0n) is 12.5. The van der Waals surface area contributed by atoms with E-state index < -0.39 is 0 Å². The number of piperazine rings is 1. The Morgan fingerprint density at radius 3 is 2.70 bits per heavy atom. The summed E-state index contributed by atoms with van der Waals surface area (Å²) in [6.07, 6.45) is 0. The lowest BCUT2D eigenvalue weighted by Gasteiger charge is -2.33. The van der Waals surface area contributed by atoms with Crippen molar-refractivity contribution in [2.45, 2.75) is 19.9 Å². The fraction of sp³-hybridized carbons (Fsp3) is 0.500. The van der Waals surface area contributed by atoms with E-state index in [1.807, 2.05) is 12.1 Å². The number of hydrogen-bond acceptors (Lipinski definition) is 3. The first-order valence-electron chi connectivity index (χ1n) is 7.32. The van der Waals surface area contributed by atoms with E-state index in [1.165, 1.54) is 22.2 Å². The smallest absolute Gasteiger partial charge is 0.128 e. The Morgan fingerprint density at radius 1 is 1.25 bits per heavy atom. The lowest BCUT2D eigenvalue weighted by Crippen LogP contribution is -2.44. The van der Waals surface area contributed by atoms with Crippen molar-refractivity contribution >= 4 is 10.9 Å². The van der Waals surface area contributed by atoms with E-state index in [2.05, 4.69) is 35.1 Å². The molecule has 4 heteroatoms. The molecule has 0 bridgehead atoms. The molecule has 4 nitrogen and oxygen atoms in total. The van der Waals surface area contributed by atoms with Gasteiger partial charge in [-0.15, -0.1) is 0 Å². The molecule has 3 rings (SSSR count). The Bertz CT molecular complexity index is 599. The van der Waals surface area contributed by atoms with Crippen molar-refractivity contribution in [1.29, 1.82) is 0 Å².